The summed E-state index contributed by atoms with van der Waals surface area (Å²) in [6.07, 6.45) is 9.40. The van der Waals surface area contributed by atoms with Crippen LogP contribution in [-0.2, 0) is 10.0 Å². The Balaban J connectivity index is 1.84. The van der Waals surface area contributed by atoms with Gasteiger partial charge in [0.15, 0.2) is 0 Å². The van der Waals surface area contributed by atoms with Crippen LogP contribution in [0.25, 0.3) is 0 Å². The summed E-state index contributed by atoms with van der Waals surface area (Å²) >= 11 is 5.88. The average molecular weight is 443 g/mol. The zero-order valence-electron chi connectivity index (χ0n) is 17.1. The number of nitrogens with zero attached hydrogens (tertiary/aromatic N) is 1. The fraction of sp³-hybridized carbons (Fsp3) is 0.292. The quantitative estimate of drug-likeness (QED) is 0.358. The number of hydrogen-bond donors (Lipinski definition) is 1. The van der Waals surface area contributed by atoms with Crippen LogP contribution in [0.1, 0.15) is 56.1 Å². The first-order valence-electron chi connectivity index (χ1n) is 10.3. The van der Waals surface area contributed by atoms with E-state index in [0.717, 1.165) is 24.0 Å². The lowest BCUT2D eigenvalue weighted by molar-refractivity contribution is 0.595. The number of sulfonamides is 1. The zero-order valence-corrected chi connectivity index (χ0v) is 18.7. The number of nitrogens with one attached hydrogen (secondary N) is 1. The molecule has 2 aromatic carbocycles. The van der Waals surface area contributed by atoms with Crippen molar-refractivity contribution >= 4 is 27.3 Å². The molecule has 6 heteroatoms. The van der Waals surface area contributed by atoms with Crippen LogP contribution in [0.5, 0.6) is 0 Å². The molecule has 0 saturated carbocycles. The first kappa shape index (κ1) is 22.3. The fourth-order valence-electron chi connectivity index (χ4n) is 3.53. The summed E-state index contributed by atoms with van der Waals surface area (Å²) in [4.78, 5) is 4.46. The molecule has 1 unspecified atom stereocenters. The summed E-state index contributed by atoms with van der Waals surface area (Å²) < 4.78 is 28.2. The van der Waals surface area contributed by atoms with Gasteiger partial charge in [-0.05, 0) is 60.0 Å². The predicted octanol–water partition coefficient (Wildman–Crippen LogP) is 6.64. The molecule has 158 valence electrons. The molecule has 0 saturated heterocycles. The van der Waals surface area contributed by atoms with Crippen LogP contribution in [0, 0.1) is 0 Å². The van der Waals surface area contributed by atoms with Crippen LogP contribution in [0.4, 0.5) is 5.69 Å². The summed E-state index contributed by atoms with van der Waals surface area (Å²) in [5, 5.41) is 0.498. The van der Waals surface area contributed by atoms with Crippen molar-refractivity contribution in [3.8, 4) is 0 Å². The van der Waals surface area contributed by atoms with Gasteiger partial charge in [0, 0.05) is 29.0 Å². The third-order valence-corrected chi connectivity index (χ3v) is 6.75. The van der Waals surface area contributed by atoms with Crippen LogP contribution in [-0.4, -0.2) is 13.4 Å². The predicted molar refractivity (Wildman–Crippen MR) is 124 cm³/mol. The van der Waals surface area contributed by atoms with Crippen molar-refractivity contribution in [2.45, 2.75) is 49.8 Å². The van der Waals surface area contributed by atoms with E-state index in [2.05, 4.69) is 28.8 Å². The van der Waals surface area contributed by atoms with Gasteiger partial charge in [-0.25, -0.2) is 8.42 Å². The lowest BCUT2D eigenvalue weighted by Crippen LogP contribution is -2.13. The second kappa shape index (κ2) is 10.6. The minimum absolute atomic E-state index is 0.176. The molecule has 1 aromatic heterocycles. The largest absolute Gasteiger partial charge is 0.280 e. The molecule has 0 aliphatic carbocycles. The minimum atomic E-state index is -3.68. The highest BCUT2D eigenvalue weighted by molar-refractivity contribution is 7.92. The number of benzene rings is 2. The van der Waals surface area contributed by atoms with E-state index in [4.69, 9.17) is 11.6 Å². The normalized spacial score (nSPS) is 12.5. The number of halogens is 1. The monoisotopic (exact) mass is 442 g/mol. The highest BCUT2D eigenvalue weighted by Crippen LogP contribution is 2.31. The Kier molecular flexibility index (Phi) is 7.88. The molecule has 3 rings (SSSR count). The summed E-state index contributed by atoms with van der Waals surface area (Å²) in [6.45, 7) is 2.20. The molecule has 0 spiro atoms. The van der Waals surface area contributed by atoms with Gasteiger partial charge in [0.05, 0.1) is 4.90 Å². The van der Waals surface area contributed by atoms with Crippen molar-refractivity contribution in [2.24, 2.45) is 0 Å². The average Bonchev–Trinajstić information content (AvgIpc) is 2.74. The number of rotatable bonds is 10. The Morgan fingerprint density at radius 3 is 2.43 bits per heavy atom. The Bertz CT molecular complexity index is 1040. The third kappa shape index (κ3) is 6.07. The molecule has 30 heavy (non-hydrogen) atoms. The number of anilines is 1. The number of aromatic nitrogens is 1. The molecule has 3 aromatic rings. The fourth-order valence-corrected chi connectivity index (χ4v) is 4.71. The maximum Gasteiger partial charge on any atom is 0.261 e. The molecule has 1 atom stereocenters. The molecular formula is C24H27ClN2O2S. The minimum Gasteiger partial charge on any atom is -0.280 e. The molecule has 1 N–H and O–H groups in total. The third-order valence-electron chi connectivity index (χ3n) is 5.10. The molecule has 0 aliphatic heterocycles. The standard InChI is InChI=1S/C24H27ClN2O2S/c1-2-3-4-5-11-24(20-9-7-16-26-18-20)19-8-6-10-22(17-19)27-30(28,29)23-14-12-21(25)13-15-23/h6-10,12-18,24,27H,2-5,11H2,1H3. The van der Waals surface area contributed by atoms with Crippen molar-refractivity contribution in [1.82, 2.24) is 4.98 Å². The van der Waals surface area contributed by atoms with Gasteiger partial charge in [0.2, 0.25) is 0 Å². The second-order valence-electron chi connectivity index (χ2n) is 7.37. The van der Waals surface area contributed by atoms with Crippen molar-refractivity contribution < 1.29 is 8.42 Å². The highest BCUT2D eigenvalue weighted by atomic mass is 35.5. The summed E-state index contributed by atoms with van der Waals surface area (Å²) in [5.74, 6) is 0.176. The first-order valence-corrected chi connectivity index (χ1v) is 12.1. The molecule has 4 nitrogen and oxygen atoms in total. The molecule has 0 bridgehead atoms. The van der Waals surface area contributed by atoms with Gasteiger partial charge in [0.25, 0.3) is 10.0 Å². The van der Waals surface area contributed by atoms with E-state index in [1.165, 1.54) is 31.4 Å². The van der Waals surface area contributed by atoms with Crippen LogP contribution in [0.2, 0.25) is 5.02 Å². The van der Waals surface area contributed by atoms with Gasteiger partial charge in [-0.15, -0.1) is 0 Å². The van der Waals surface area contributed by atoms with Crippen molar-refractivity contribution in [2.75, 3.05) is 4.72 Å². The Morgan fingerprint density at radius 2 is 1.73 bits per heavy atom. The Hall–Kier alpha value is -2.37. The summed E-state index contributed by atoms with van der Waals surface area (Å²) in [7, 11) is -3.68. The molecule has 0 fully saturated rings. The SMILES string of the molecule is CCCCCCC(c1cccnc1)c1cccc(NS(=O)(=O)c2ccc(Cl)cc2)c1. The van der Waals surface area contributed by atoms with Gasteiger partial charge in [-0.3, -0.25) is 9.71 Å². The van der Waals surface area contributed by atoms with Gasteiger partial charge in [-0.2, -0.15) is 0 Å². The van der Waals surface area contributed by atoms with E-state index in [-0.39, 0.29) is 10.8 Å². The first-order chi connectivity index (χ1) is 14.5. The maximum atomic E-state index is 12.7. The lowest BCUT2D eigenvalue weighted by atomic mass is 9.87. The van der Waals surface area contributed by atoms with Gasteiger partial charge < -0.3 is 0 Å². The smallest absolute Gasteiger partial charge is 0.261 e. The maximum absolute atomic E-state index is 12.7. The van der Waals surface area contributed by atoms with Gasteiger partial charge >= 0.3 is 0 Å². The summed E-state index contributed by atoms with van der Waals surface area (Å²) in [5.41, 5.74) is 2.77. The van der Waals surface area contributed by atoms with Crippen molar-refractivity contribution in [1.29, 1.82) is 0 Å². The number of unbranched alkanes of at least 4 members (excludes halogenated alkanes) is 3. The van der Waals surface area contributed by atoms with E-state index < -0.39 is 10.0 Å². The van der Waals surface area contributed by atoms with Crippen molar-refractivity contribution in [3.05, 3.63) is 89.2 Å². The van der Waals surface area contributed by atoms with Gasteiger partial charge in [-0.1, -0.05) is 62.4 Å². The lowest BCUT2D eigenvalue weighted by Gasteiger charge is -2.19. The van der Waals surface area contributed by atoms with Gasteiger partial charge in [0.1, 0.15) is 0 Å². The summed E-state index contributed by atoms with van der Waals surface area (Å²) in [6, 6.07) is 17.8. The van der Waals surface area contributed by atoms with E-state index in [1.54, 1.807) is 24.4 Å². The van der Waals surface area contributed by atoms with Crippen LogP contribution < -0.4 is 4.72 Å². The number of pyridine rings is 1. The van der Waals surface area contributed by atoms with Crippen LogP contribution >= 0.6 is 11.6 Å². The topological polar surface area (TPSA) is 59.1 Å². The van der Waals surface area contributed by atoms with E-state index in [1.807, 2.05) is 24.4 Å². The molecule has 0 radical (unpaired) electrons. The molecular weight excluding hydrogens is 416 g/mol. The van der Waals surface area contributed by atoms with Crippen molar-refractivity contribution in [3.63, 3.8) is 0 Å². The van der Waals surface area contributed by atoms with E-state index in [9.17, 15) is 8.42 Å². The number of hydrogen-bond acceptors (Lipinski definition) is 3. The Labute approximate surface area is 184 Å². The molecule has 1 heterocycles. The molecule has 0 amide bonds. The van der Waals surface area contributed by atoms with Crippen LogP contribution in [0.3, 0.4) is 0 Å². The van der Waals surface area contributed by atoms with Crippen LogP contribution in [0.15, 0.2) is 78.0 Å². The second-order valence-corrected chi connectivity index (χ2v) is 9.49. The zero-order chi connectivity index (χ0) is 21.4. The van der Waals surface area contributed by atoms with E-state index >= 15 is 0 Å². The highest BCUT2D eigenvalue weighted by Gasteiger charge is 2.17. The Morgan fingerprint density at radius 1 is 0.967 bits per heavy atom. The molecule has 0 aliphatic rings. The van der Waals surface area contributed by atoms with E-state index in [0.29, 0.717) is 10.7 Å².